The average Bonchev–Trinajstić information content (AvgIpc) is 2.68. The molecule has 16 heavy (non-hydrogen) atoms. The summed E-state index contributed by atoms with van der Waals surface area (Å²) < 4.78 is 0.837. The van der Waals surface area contributed by atoms with Crippen molar-refractivity contribution in [3.63, 3.8) is 0 Å². The molecule has 2 N–H and O–H groups in total. The fourth-order valence-electron chi connectivity index (χ4n) is 1.49. The molecule has 0 spiro atoms. The maximum absolute atomic E-state index is 12.2. The standard InChI is InChI=1S/C12H10BrNOS/c1-7-8(3-2-4-11(7)14)12(15)9-5-16-6-10(9)13/h2-6H,14H2,1H3. The molecule has 1 heterocycles. The smallest absolute Gasteiger partial charge is 0.195 e. The predicted molar refractivity (Wildman–Crippen MR) is 71.0 cm³/mol. The van der Waals surface area contributed by atoms with Crippen molar-refractivity contribution in [1.29, 1.82) is 0 Å². The Morgan fingerprint density at radius 3 is 2.69 bits per heavy atom. The largest absolute Gasteiger partial charge is 0.398 e. The van der Waals surface area contributed by atoms with Gasteiger partial charge in [-0.3, -0.25) is 4.79 Å². The molecule has 4 heteroatoms. The van der Waals surface area contributed by atoms with E-state index in [1.165, 1.54) is 11.3 Å². The van der Waals surface area contributed by atoms with Gasteiger partial charge in [-0.15, -0.1) is 0 Å². The number of benzene rings is 1. The molecule has 0 aliphatic carbocycles. The molecule has 2 nitrogen and oxygen atoms in total. The van der Waals surface area contributed by atoms with Crippen molar-refractivity contribution in [3.05, 3.63) is 50.1 Å². The van der Waals surface area contributed by atoms with Crippen LogP contribution >= 0.6 is 27.3 Å². The number of hydrogen-bond donors (Lipinski definition) is 1. The number of hydrogen-bond acceptors (Lipinski definition) is 3. The minimum Gasteiger partial charge on any atom is -0.398 e. The number of halogens is 1. The summed E-state index contributed by atoms with van der Waals surface area (Å²) in [7, 11) is 0. The lowest BCUT2D eigenvalue weighted by molar-refractivity contribution is 0.103. The molecule has 2 aromatic rings. The van der Waals surface area contributed by atoms with Crippen molar-refractivity contribution in [2.24, 2.45) is 0 Å². The van der Waals surface area contributed by atoms with Crippen molar-refractivity contribution >= 4 is 38.7 Å². The monoisotopic (exact) mass is 295 g/mol. The lowest BCUT2D eigenvalue weighted by Gasteiger charge is -2.06. The van der Waals surface area contributed by atoms with Crippen LogP contribution in [0.5, 0.6) is 0 Å². The second-order valence-corrected chi connectivity index (χ2v) is 5.08. The highest BCUT2D eigenvalue weighted by Gasteiger charge is 2.16. The Morgan fingerprint density at radius 1 is 1.31 bits per heavy atom. The van der Waals surface area contributed by atoms with E-state index in [0.29, 0.717) is 16.8 Å². The van der Waals surface area contributed by atoms with Gasteiger partial charge in [-0.1, -0.05) is 12.1 Å². The SMILES string of the molecule is Cc1c(N)cccc1C(=O)c1cscc1Br. The highest BCUT2D eigenvalue weighted by Crippen LogP contribution is 2.26. The summed E-state index contributed by atoms with van der Waals surface area (Å²) in [5.41, 5.74) is 8.64. The summed E-state index contributed by atoms with van der Waals surface area (Å²) >= 11 is 4.87. The van der Waals surface area contributed by atoms with Crippen LogP contribution in [0.2, 0.25) is 0 Å². The van der Waals surface area contributed by atoms with Gasteiger partial charge in [0.2, 0.25) is 0 Å². The molecule has 0 aliphatic heterocycles. The fraction of sp³-hybridized carbons (Fsp3) is 0.0833. The third-order valence-corrected chi connectivity index (χ3v) is 4.18. The van der Waals surface area contributed by atoms with E-state index in [9.17, 15) is 4.79 Å². The highest BCUT2D eigenvalue weighted by atomic mass is 79.9. The van der Waals surface area contributed by atoms with E-state index in [1.807, 2.05) is 17.7 Å². The lowest BCUT2D eigenvalue weighted by atomic mass is 10.00. The number of nitrogens with two attached hydrogens (primary N) is 1. The number of anilines is 1. The predicted octanol–water partition coefficient (Wildman–Crippen LogP) is 3.63. The van der Waals surface area contributed by atoms with Gasteiger partial charge in [0.05, 0.1) is 0 Å². The molecule has 1 aromatic heterocycles. The Kier molecular flexibility index (Phi) is 3.12. The first-order valence-electron chi connectivity index (χ1n) is 4.72. The summed E-state index contributed by atoms with van der Waals surface area (Å²) in [5.74, 6) is 0.0120. The molecule has 0 saturated carbocycles. The molecule has 1 aromatic carbocycles. The van der Waals surface area contributed by atoms with Crippen molar-refractivity contribution in [1.82, 2.24) is 0 Å². The first-order valence-corrected chi connectivity index (χ1v) is 6.46. The molecule has 0 bridgehead atoms. The number of carbonyl (C=O) groups is 1. The molecule has 0 fully saturated rings. The van der Waals surface area contributed by atoms with Crippen LogP contribution in [0.1, 0.15) is 21.5 Å². The molecule has 0 radical (unpaired) electrons. The summed E-state index contributed by atoms with van der Waals surface area (Å²) in [6.45, 7) is 1.86. The third-order valence-electron chi connectivity index (χ3n) is 2.48. The number of ketones is 1. The van der Waals surface area contributed by atoms with Crippen molar-refractivity contribution < 1.29 is 4.79 Å². The Bertz CT molecular complexity index is 548. The van der Waals surface area contributed by atoms with Gasteiger partial charge in [0.25, 0.3) is 0 Å². The normalized spacial score (nSPS) is 10.4. The molecule has 0 amide bonds. The zero-order valence-corrected chi connectivity index (χ0v) is 11.1. The second kappa shape index (κ2) is 4.39. The van der Waals surface area contributed by atoms with E-state index in [1.54, 1.807) is 18.2 Å². The number of rotatable bonds is 2. The molecular formula is C12H10BrNOS. The van der Waals surface area contributed by atoms with Crippen molar-refractivity contribution in [2.75, 3.05) is 5.73 Å². The van der Waals surface area contributed by atoms with Crippen LogP contribution in [0.3, 0.4) is 0 Å². The third kappa shape index (κ3) is 1.90. The van der Waals surface area contributed by atoms with E-state index >= 15 is 0 Å². The van der Waals surface area contributed by atoms with E-state index < -0.39 is 0 Å². The molecule has 0 atom stereocenters. The molecule has 0 aliphatic rings. The van der Waals surface area contributed by atoms with Gasteiger partial charge in [-0.25, -0.2) is 0 Å². The van der Waals surface area contributed by atoms with Crippen molar-refractivity contribution in [2.45, 2.75) is 6.92 Å². The minimum absolute atomic E-state index is 0.0120. The van der Waals surface area contributed by atoms with Crippen LogP contribution in [0.25, 0.3) is 0 Å². The first-order chi connectivity index (χ1) is 7.61. The minimum atomic E-state index is 0.0120. The topological polar surface area (TPSA) is 43.1 Å². The molecular weight excluding hydrogens is 286 g/mol. The summed E-state index contributed by atoms with van der Waals surface area (Å²) in [5, 5.41) is 3.74. The average molecular weight is 296 g/mol. The number of nitrogen functional groups attached to an aromatic ring is 1. The van der Waals surface area contributed by atoms with E-state index in [-0.39, 0.29) is 5.78 Å². The molecule has 0 unspecified atom stereocenters. The molecule has 0 saturated heterocycles. The van der Waals surface area contributed by atoms with Gasteiger partial charge >= 0.3 is 0 Å². The van der Waals surface area contributed by atoms with Crippen LogP contribution in [-0.4, -0.2) is 5.78 Å². The maximum Gasteiger partial charge on any atom is 0.195 e. The van der Waals surface area contributed by atoms with Gasteiger partial charge in [-0.05, 0) is 34.5 Å². The van der Waals surface area contributed by atoms with Crippen molar-refractivity contribution in [3.8, 4) is 0 Å². The Labute approximate surface area is 106 Å². The quantitative estimate of drug-likeness (QED) is 0.679. The van der Waals surface area contributed by atoms with E-state index in [0.717, 1.165) is 10.0 Å². The van der Waals surface area contributed by atoms with Gasteiger partial charge in [0.15, 0.2) is 5.78 Å². The second-order valence-electron chi connectivity index (χ2n) is 3.48. The maximum atomic E-state index is 12.2. The zero-order chi connectivity index (χ0) is 11.7. The Hall–Kier alpha value is -1.13. The highest BCUT2D eigenvalue weighted by molar-refractivity contribution is 9.10. The lowest BCUT2D eigenvalue weighted by Crippen LogP contribution is -2.05. The summed E-state index contributed by atoms with van der Waals surface area (Å²) in [6.07, 6.45) is 0. The summed E-state index contributed by atoms with van der Waals surface area (Å²) in [4.78, 5) is 12.2. The molecule has 2 rings (SSSR count). The van der Waals surface area contributed by atoms with Crippen LogP contribution in [0.4, 0.5) is 5.69 Å². The number of thiophene rings is 1. The van der Waals surface area contributed by atoms with Gasteiger partial charge in [-0.2, -0.15) is 11.3 Å². The number of carbonyl (C=O) groups excluding carboxylic acids is 1. The Morgan fingerprint density at radius 2 is 2.06 bits per heavy atom. The van der Waals surface area contributed by atoms with Crippen LogP contribution < -0.4 is 5.73 Å². The van der Waals surface area contributed by atoms with Gasteiger partial charge in [0, 0.05) is 32.0 Å². The van der Waals surface area contributed by atoms with Crippen LogP contribution in [0, 0.1) is 6.92 Å². The van der Waals surface area contributed by atoms with E-state index in [4.69, 9.17) is 5.73 Å². The Balaban J connectivity index is 2.50. The molecule has 82 valence electrons. The summed E-state index contributed by atoms with van der Waals surface area (Å²) in [6, 6.07) is 5.41. The fourth-order valence-corrected chi connectivity index (χ4v) is 2.94. The van der Waals surface area contributed by atoms with E-state index in [2.05, 4.69) is 15.9 Å². The van der Waals surface area contributed by atoms with Crippen LogP contribution in [0.15, 0.2) is 33.4 Å². The van der Waals surface area contributed by atoms with Gasteiger partial charge < -0.3 is 5.73 Å². The first kappa shape index (κ1) is 11.4. The van der Waals surface area contributed by atoms with Crippen LogP contribution in [-0.2, 0) is 0 Å². The van der Waals surface area contributed by atoms with Gasteiger partial charge in [0.1, 0.15) is 0 Å². The zero-order valence-electron chi connectivity index (χ0n) is 8.66.